The van der Waals surface area contributed by atoms with Gasteiger partial charge >= 0.3 is 0 Å². The lowest BCUT2D eigenvalue weighted by Gasteiger charge is -2.22. The van der Waals surface area contributed by atoms with Crippen LogP contribution < -0.4 is 5.32 Å². The zero-order valence-corrected chi connectivity index (χ0v) is 14.0. The normalized spacial score (nSPS) is 18.4. The smallest absolute Gasteiger partial charge is 0.263 e. The van der Waals surface area contributed by atoms with Crippen LogP contribution in [0.3, 0.4) is 0 Å². The van der Waals surface area contributed by atoms with Crippen molar-refractivity contribution < 1.29 is 9.55 Å². The third-order valence-electron chi connectivity index (χ3n) is 4.29. The summed E-state index contributed by atoms with van der Waals surface area (Å²) in [7, 11) is 0. The van der Waals surface area contributed by atoms with E-state index in [1.54, 1.807) is 0 Å². The molecular weight excluding hydrogens is 298 g/mol. The topological polar surface area (TPSA) is 97.3 Å². The van der Waals surface area contributed by atoms with E-state index in [2.05, 4.69) is 41.3 Å². The molecule has 1 N–H and O–H groups in total. The first-order chi connectivity index (χ1) is 11.1. The third-order valence-corrected chi connectivity index (χ3v) is 4.29. The molecule has 1 aliphatic carbocycles. The fraction of sp³-hybridized carbons (Fsp3) is 0.733. The minimum absolute atomic E-state index is 0.258. The molecule has 0 saturated carbocycles. The number of aromatic nitrogens is 2. The van der Waals surface area contributed by atoms with E-state index < -0.39 is 6.04 Å². The highest BCUT2D eigenvalue weighted by atomic mass is 16.6. The van der Waals surface area contributed by atoms with E-state index in [1.165, 1.54) is 0 Å². The first-order valence-corrected chi connectivity index (χ1v) is 8.22. The summed E-state index contributed by atoms with van der Waals surface area (Å²) >= 11 is 0. The van der Waals surface area contributed by atoms with Crippen LogP contribution in [0, 0.1) is 10.1 Å². The summed E-state index contributed by atoms with van der Waals surface area (Å²) in [4.78, 5) is 13.1. The predicted molar refractivity (Wildman–Crippen MR) is 86.2 cm³/mol. The first-order valence-electron chi connectivity index (χ1n) is 8.22. The third kappa shape index (κ3) is 4.28. The number of fused-ring (bicyclic) bond motifs is 1. The maximum Gasteiger partial charge on any atom is 0.263 e. The monoisotopic (exact) mass is 323 g/mol. The van der Waals surface area contributed by atoms with Crippen LogP contribution in [0.15, 0.2) is 10.7 Å². The van der Waals surface area contributed by atoms with Crippen molar-refractivity contribution in [2.45, 2.75) is 52.1 Å². The summed E-state index contributed by atoms with van der Waals surface area (Å²) in [6, 6.07) is -0.603. The van der Waals surface area contributed by atoms with Gasteiger partial charge in [-0.3, -0.25) is 10.1 Å². The van der Waals surface area contributed by atoms with E-state index in [9.17, 15) is 10.1 Å². The molecule has 2 unspecified atom stereocenters. The number of hydrogen-bond acceptors (Lipinski definition) is 7. The lowest BCUT2D eigenvalue weighted by molar-refractivity contribution is -0.529. The van der Waals surface area contributed by atoms with Crippen LogP contribution in [0.2, 0.25) is 0 Å². The lowest BCUT2D eigenvalue weighted by Crippen LogP contribution is -2.30. The maximum absolute atomic E-state index is 11.0. The molecule has 2 atom stereocenters. The molecule has 23 heavy (non-hydrogen) atoms. The van der Waals surface area contributed by atoms with Gasteiger partial charge in [0.1, 0.15) is 0 Å². The zero-order chi connectivity index (χ0) is 16.8. The SMILES string of the molecule is CCN(CC)CCCC(C)NC1=CCC([N+](=O)[O-])c2nonc21. The summed E-state index contributed by atoms with van der Waals surface area (Å²) in [5, 5.41) is 22.0. The molecule has 1 aromatic rings. The van der Waals surface area contributed by atoms with Gasteiger partial charge in [0, 0.05) is 17.4 Å². The number of nitrogens with one attached hydrogen (secondary N) is 1. The van der Waals surface area contributed by atoms with Crippen LogP contribution in [-0.2, 0) is 0 Å². The largest absolute Gasteiger partial charge is 0.381 e. The highest BCUT2D eigenvalue weighted by molar-refractivity contribution is 5.64. The molecule has 0 spiro atoms. The summed E-state index contributed by atoms with van der Waals surface area (Å²) in [5.41, 5.74) is 1.57. The Morgan fingerprint density at radius 2 is 2.22 bits per heavy atom. The Hall–Kier alpha value is -1.96. The standard InChI is InChI=1S/C15H25N5O3/c1-4-19(5-2)10-6-7-11(3)16-12-8-9-13(20(21)22)15-14(12)17-23-18-15/h8,11,13,16H,4-7,9-10H2,1-3H3. The average molecular weight is 323 g/mol. The van der Waals surface area contributed by atoms with E-state index >= 15 is 0 Å². The second kappa shape index (κ2) is 8.05. The van der Waals surface area contributed by atoms with Gasteiger partial charge in [0.25, 0.3) is 6.04 Å². The average Bonchev–Trinajstić information content (AvgIpc) is 3.01. The van der Waals surface area contributed by atoms with Gasteiger partial charge in [-0.2, -0.15) is 0 Å². The van der Waals surface area contributed by atoms with E-state index in [1.807, 2.05) is 6.08 Å². The van der Waals surface area contributed by atoms with Crippen molar-refractivity contribution in [1.29, 1.82) is 0 Å². The number of nitrogens with zero attached hydrogens (tertiary/aromatic N) is 4. The molecule has 1 heterocycles. The molecule has 128 valence electrons. The zero-order valence-electron chi connectivity index (χ0n) is 14.0. The number of hydrogen-bond donors (Lipinski definition) is 1. The number of rotatable bonds is 9. The van der Waals surface area contributed by atoms with Crippen LogP contribution in [0.25, 0.3) is 5.70 Å². The molecule has 0 aromatic carbocycles. The van der Waals surface area contributed by atoms with Gasteiger partial charge in [0.2, 0.25) is 0 Å². The highest BCUT2D eigenvalue weighted by Crippen LogP contribution is 2.31. The number of nitro groups is 1. The fourth-order valence-electron chi connectivity index (χ4n) is 2.85. The van der Waals surface area contributed by atoms with Crippen LogP contribution in [0.4, 0.5) is 0 Å². The van der Waals surface area contributed by atoms with Crippen LogP contribution in [-0.4, -0.2) is 45.8 Å². The summed E-state index contributed by atoms with van der Waals surface area (Å²) in [5.74, 6) is 0. The van der Waals surface area contributed by atoms with Gasteiger partial charge in [-0.25, -0.2) is 4.63 Å². The molecule has 8 heteroatoms. The van der Waals surface area contributed by atoms with Gasteiger partial charge in [-0.15, -0.1) is 0 Å². The van der Waals surface area contributed by atoms with E-state index in [0.29, 0.717) is 17.8 Å². The Balaban J connectivity index is 1.90. The quantitative estimate of drug-likeness (QED) is 0.549. The van der Waals surface area contributed by atoms with Crippen LogP contribution >= 0.6 is 0 Å². The molecule has 0 bridgehead atoms. The van der Waals surface area contributed by atoms with Crippen molar-refractivity contribution in [2.75, 3.05) is 19.6 Å². The second-order valence-corrected chi connectivity index (χ2v) is 5.87. The molecular formula is C15H25N5O3. The Bertz CT molecular complexity index is 553. The maximum atomic E-state index is 11.0. The molecule has 0 saturated heterocycles. The van der Waals surface area contributed by atoms with Crippen LogP contribution in [0.1, 0.15) is 57.5 Å². The minimum atomic E-state index is -0.861. The highest BCUT2D eigenvalue weighted by Gasteiger charge is 2.35. The summed E-state index contributed by atoms with van der Waals surface area (Å²) < 4.78 is 4.71. The molecule has 0 radical (unpaired) electrons. The van der Waals surface area contributed by atoms with Crippen molar-refractivity contribution in [3.63, 3.8) is 0 Å². The summed E-state index contributed by atoms with van der Waals surface area (Å²) in [6.07, 6.45) is 4.25. The van der Waals surface area contributed by atoms with Crippen molar-refractivity contribution in [3.05, 3.63) is 27.6 Å². The van der Waals surface area contributed by atoms with Gasteiger partial charge in [0.15, 0.2) is 11.4 Å². The molecule has 1 aromatic heterocycles. The Labute approximate surface area is 136 Å². The Kier molecular flexibility index (Phi) is 6.09. The van der Waals surface area contributed by atoms with Crippen molar-refractivity contribution in [1.82, 2.24) is 20.5 Å². The van der Waals surface area contributed by atoms with E-state index in [-0.39, 0.29) is 11.0 Å². The van der Waals surface area contributed by atoms with Gasteiger partial charge in [0.05, 0.1) is 5.70 Å². The fourth-order valence-corrected chi connectivity index (χ4v) is 2.85. The molecule has 0 aliphatic heterocycles. The van der Waals surface area contributed by atoms with E-state index in [0.717, 1.165) is 38.2 Å². The van der Waals surface area contributed by atoms with Gasteiger partial charge in [-0.05, 0) is 49.7 Å². The lowest BCUT2D eigenvalue weighted by atomic mass is 9.99. The first kappa shape index (κ1) is 17.4. The van der Waals surface area contributed by atoms with Gasteiger partial charge < -0.3 is 10.2 Å². The minimum Gasteiger partial charge on any atom is -0.381 e. The molecule has 8 nitrogen and oxygen atoms in total. The molecule has 1 aliphatic rings. The molecule has 0 fully saturated rings. The van der Waals surface area contributed by atoms with Gasteiger partial charge in [-0.1, -0.05) is 19.9 Å². The molecule has 0 amide bonds. The van der Waals surface area contributed by atoms with E-state index in [4.69, 9.17) is 4.63 Å². The predicted octanol–water partition coefficient (Wildman–Crippen LogP) is 2.23. The summed E-state index contributed by atoms with van der Waals surface area (Å²) in [6.45, 7) is 9.67. The van der Waals surface area contributed by atoms with Crippen LogP contribution in [0.5, 0.6) is 0 Å². The van der Waals surface area contributed by atoms with Crippen molar-refractivity contribution >= 4 is 5.70 Å². The Morgan fingerprint density at radius 1 is 1.48 bits per heavy atom. The molecule has 2 rings (SSSR count). The second-order valence-electron chi connectivity index (χ2n) is 5.87. The Morgan fingerprint density at radius 3 is 2.87 bits per heavy atom. The van der Waals surface area contributed by atoms with Crippen molar-refractivity contribution in [3.8, 4) is 0 Å². The van der Waals surface area contributed by atoms with Crippen molar-refractivity contribution in [2.24, 2.45) is 0 Å².